The zero-order valence-corrected chi connectivity index (χ0v) is 12.2. The number of carbonyl (C=O) groups excluding carboxylic acids is 1. The van der Waals surface area contributed by atoms with E-state index in [1.54, 1.807) is 4.90 Å². The van der Waals surface area contributed by atoms with Crippen LogP contribution in [-0.4, -0.2) is 61.2 Å². The Bertz CT molecular complexity index is 313. The summed E-state index contributed by atoms with van der Waals surface area (Å²) >= 11 is 0. The van der Waals surface area contributed by atoms with Gasteiger partial charge in [-0.1, -0.05) is 13.8 Å². The molecule has 0 bridgehead atoms. The summed E-state index contributed by atoms with van der Waals surface area (Å²) in [6.45, 7) is 4.44. The van der Waals surface area contributed by atoms with Crippen LogP contribution >= 0.6 is 0 Å². The zero-order chi connectivity index (χ0) is 15.4. The fraction of sp³-hybridized carbons (Fsp3) is 0.923. The Kier molecular flexibility index (Phi) is 5.82. The van der Waals surface area contributed by atoms with Crippen LogP contribution in [0.2, 0.25) is 0 Å². The van der Waals surface area contributed by atoms with E-state index in [-0.39, 0.29) is 25.5 Å². The summed E-state index contributed by atoms with van der Waals surface area (Å²) in [5.74, 6) is -0.0170. The Labute approximate surface area is 118 Å². The monoisotopic (exact) mass is 295 g/mol. The molecule has 1 amide bonds. The molecule has 0 saturated carbocycles. The molecular formula is C13H24F3N3O. The van der Waals surface area contributed by atoms with Crippen molar-refractivity contribution in [3.05, 3.63) is 0 Å². The van der Waals surface area contributed by atoms with Crippen LogP contribution in [0.25, 0.3) is 0 Å². The third-order valence-corrected chi connectivity index (χ3v) is 4.26. The van der Waals surface area contributed by atoms with E-state index in [1.807, 2.05) is 13.8 Å². The Morgan fingerprint density at radius 2 is 1.60 bits per heavy atom. The van der Waals surface area contributed by atoms with Gasteiger partial charge < -0.3 is 10.6 Å². The largest absolute Gasteiger partial charge is 0.401 e. The highest BCUT2D eigenvalue weighted by molar-refractivity contribution is 5.83. The number of rotatable bonds is 5. The van der Waals surface area contributed by atoms with Crippen molar-refractivity contribution in [3.63, 3.8) is 0 Å². The predicted molar refractivity (Wildman–Crippen MR) is 71.1 cm³/mol. The molecular weight excluding hydrogens is 271 g/mol. The summed E-state index contributed by atoms with van der Waals surface area (Å²) in [6, 6.07) is 0. The van der Waals surface area contributed by atoms with Crippen LogP contribution in [0, 0.1) is 5.41 Å². The number of amides is 1. The number of piperazine rings is 1. The first-order valence-electron chi connectivity index (χ1n) is 7.06. The maximum Gasteiger partial charge on any atom is 0.401 e. The van der Waals surface area contributed by atoms with E-state index in [9.17, 15) is 18.0 Å². The van der Waals surface area contributed by atoms with Gasteiger partial charge in [-0.15, -0.1) is 0 Å². The highest BCUT2D eigenvalue weighted by Crippen LogP contribution is 2.28. The minimum Gasteiger partial charge on any atom is -0.340 e. The van der Waals surface area contributed by atoms with E-state index in [4.69, 9.17) is 5.73 Å². The molecule has 1 aliphatic rings. The second kappa shape index (κ2) is 6.76. The lowest BCUT2D eigenvalue weighted by Gasteiger charge is -2.40. The number of alkyl halides is 3. The molecule has 1 fully saturated rings. The fourth-order valence-corrected chi connectivity index (χ4v) is 2.63. The Balaban J connectivity index is 2.59. The van der Waals surface area contributed by atoms with Crippen molar-refractivity contribution in [2.45, 2.75) is 32.9 Å². The molecule has 118 valence electrons. The Morgan fingerprint density at radius 3 is 1.95 bits per heavy atom. The molecule has 0 radical (unpaired) electrons. The number of nitrogens with zero attached hydrogens (tertiary/aromatic N) is 2. The minimum absolute atomic E-state index is 0.0170. The second-order valence-electron chi connectivity index (χ2n) is 5.38. The van der Waals surface area contributed by atoms with Crippen molar-refractivity contribution < 1.29 is 18.0 Å². The van der Waals surface area contributed by atoms with Crippen molar-refractivity contribution in [1.29, 1.82) is 0 Å². The van der Waals surface area contributed by atoms with Gasteiger partial charge in [0, 0.05) is 32.7 Å². The highest BCUT2D eigenvalue weighted by Gasteiger charge is 2.39. The van der Waals surface area contributed by atoms with E-state index < -0.39 is 18.1 Å². The number of carbonyl (C=O) groups is 1. The second-order valence-corrected chi connectivity index (χ2v) is 5.38. The van der Waals surface area contributed by atoms with Crippen molar-refractivity contribution in [1.82, 2.24) is 9.80 Å². The van der Waals surface area contributed by atoms with E-state index in [1.165, 1.54) is 4.90 Å². The van der Waals surface area contributed by atoms with Crippen molar-refractivity contribution in [3.8, 4) is 0 Å². The van der Waals surface area contributed by atoms with Crippen molar-refractivity contribution >= 4 is 5.91 Å². The summed E-state index contributed by atoms with van der Waals surface area (Å²) in [7, 11) is 0. The summed E-state index contributed by atoms with van der Waals surface area (Å²) in [6.07, 6.45) is -2.87. The van der Waals surface area contributed by atoms with Gasteiger partial charge in [-0.2, -0.15) is 13.2 Å². The number of hydrogen-bond acceptors (Lipinski definition) is 3. The van der Waals surface area contributed by atoms with E-state index in [0.29, 0.717) is 25.9 Å². The van der Waals surface area contributed by atoms with Crippen LogP contribution < -0.4 is 5.73 Å². The first kappa shape index (κ1) is 17.2. The first-order valence-corrected chi connectivity index (χ1v) is 7.06. The van der Waals surface area contributed by atoms with Crippen LogP contribution in [0.15, 0.2) is 0 Å². The van der Waals surface area contributed by atoms with Gasteiger partial charge in [-0.25, -0.2) is 0 Å². The fourth-order valence-electron chi connectivity index (χ4n) is 2.63. The van der Waals surface area contributed by atoms with Gasteiger partial charge in [0.05, 0.1) is 12.0 Å². The Morgan fingerprint density at radius 1 is 1.10 bits per heavy atom. The number of nitrogens with two attached hydrogens (primary N) is 1. The van der Waals surface area contributed by atoms with Crippen molar-refractivity contribution in [2.24, 2.45) is 11.1 Å². The molecule has 0 aromatic heterocycles. The lowest BCUT2D eigenvalue weighted by atomic mass is 9.81. The molecule has 0 aliphatic carbocycles. The zero-order valence-electron chi connectivity index (χ0n) is 12.2. The Hall–Kier alpha value is -0.820. The summed E-state index contributed by atoms with van der Waals surface area (Å²) < 4.78 is 36.9. The van der Waals surface area contributed by atoms with E-state index >= 15 is 0 Å². The van der Waals surface area contributed by atoms with Crippen LogP contribution in [-0.2, 0) is 4.79 Å². The minimum atomic E-state index is -4.18. The summed E-state index contributed by atoms with van der Waals surface area (Å²) in [5.41, 5.74) is 5.18. The van der Waals surface area contributed by atoms with Gasteiger partial charge in [0.2, 0.25) is 5.91 Å². The molecule has 1 aliphatic heterocycles. The maximum atomic E-state index is 12.5. The molecule has 20 heavy (non-hydrogen) atoms. The average molecular weight is 295 g/mol. The molecule has 2 N–H and O–H groups in total. The van der Waals surface area contributed by atoms with Crippen LogP contribution in [0.3, 0.4) is 0 Å². The molecule has 1 heterocycles. The third-order valence-electron chi connectivity index (χ3n) is 4.26. The first-order chi connectivity index (χ1) is 9.28. The summed E-state index contributed by atoms with van der Waals surface area (Å²) in [5, 5.41) is 0. The third kappa shape index (κ3) is 4.09. The van der Waals surface area contributed by atoms with Gasteiger partial charge in [0.15, 0.2) is 0 Å². The molecule has 1 saturated heterocycles. The molecule has 0 unspecified atom stereocenters. The van der Waals surface area contributed by atoms with Gasteiger partial charge in [-0.3, -0.25) is 9.69 Å². The van der Waals surface area contributed by atoms with Gasteiger partial charge >= 0.3 is 6.18 Å². The quantitative estimate of drug-likeness (QED) is 0.835. The predicted octanol–water partition coefficient (Wildman–Crippen LogP) is 1.46. The van der Waals surface area contributed by atoms with Gasteiger partial charge in [0.25, 0.3) is 0 Å². The molecule has 0 atom stereocenters. The smallest absolute Gasteiger partial charge is 0.340 e. The lowest BCUT2D eigenvalue weighted by Crippen LogP contribution is -2.55. The topological polar surface area (TPSA) is 49.6 Å². The van der Waals surface area contributed by atoms with Crippen LogP contribution in [0.4, 0.5) is 13.2 Å². The lowest BCUT2D eigenvalue weighted by molar-refractivity contribution is -0.155. The van der Waals surface area contributed by atoms with E-state index in [0.717, 1.165) is 0 Å². The van der Waals surface area contributed by atoms with E-state index in [2.05, 4.69) is 0 Å². The number of halogens is 3. The van der Waals surface area contributed by atoms with Crippen LogP contribution in [0.5, 0.6) is 0 Å². The molecule has 4 nitrogen and oxygen atoms in total. The molecule has 1 rings (SSSR count). The molecule has 7 heteroatoms. The van der Waals surface area contributed by atoms with Crippen molar-refractivity contribution in [2.75, 3.05) is 39.3 Å². The normalized spacial score (nSPS) is 18.4. The van der Waals surface area contributed by atoms with Crippen LogP contribution in [0.1, 0.15) is 26.7 Å². The highest BCUT2D eigenvalue weighted by atomic mass is 19.4. The molecule has 0 aromatic rings. The standard InChI is InChI=1S/C13H24F3N3O/c1-3-12(4-2,9-17)11(20)19-7-5-18(6-8-19)10-13(14,15)16/h3-10,17H2,1-2H3. The van der Waals surface area contributed by atoms with Gasteiger partial charge in [0.1, 0.15) is 0 Å². The maximum absolute atomic E-state index is 12.5. The number of hydrogen-bond donors (Lipinski definition) is 1. The molecule has 0 spiro atoms. The van der Waals surface area contributed by atoms with Gasteiger partial charge in [-0.05, 0) is 12.8 Å². The SMILES string of the molecule is CCC(CC)(CN)C(=O)N1CCN(CC(F)(F)F)CC1. The average Bonchev–Trinajstić information content (AvgIpc) is 2.40. The molecule has 0 aromatic carbocycles. The summed E-state index contributed by atoms with van der Waals surface area (Å²) in [4.78, 5) is 15.5.